The van der Waals surface area contributed by atoms with Gasteiger partial charge < -0.3 is 9.64 Å². The van der Waals surface area contributed by atoms with Gasteiger partial charge in [-0.2, -0.15) is 13.2 Å². The number of likely N-dealkylation sites (N-methyl/N-ethyl adjacent to an activating group) is 1. The molecule has 7 heteroatoms. The second-order valence-electron chi connectivity index (χ2n) is 5.06. The summed E-state index contributed by atoms with van der Waals surface area (Å²) in [4.78, 5) is 16.7. The van der Waals surface area contributed by atoms with E-state index in [-0.39, 0.29) is 18.3 Å². The average Bonchev–Trinajstić information content (AvgIpc) is 2.52. The van der Waals surface area contributed by atoms with Crippen molar-refractivity contribution in [3.63, 3.8) is 0 Å². The van der Waals surface area contributed by atoms with Gasteiger partial charge in [0, 0.05) is 32.1 Å². The molecule has 1 amide bonds. The number of halogens is 3. The number of pyridine rings is 1. The van der Waals surface area contributed by atoms with E-state index in [0.29, 0.717) is 11.1 Å². The summed E-state index contributed by atoms with van der Waals surface area (Å²) in [5.41, 5.74) is 0.00812. The van der Waals surface area contributed by atoms with Crippen LogP contribution in [-0.4, -0.2) is 36.5 Å². The fourth-order valence-corrected chi connectivity index (χ4v) is 1.82. The minimum absolute atomic E-state index is 0.0196. The molecule has 122 valence electrons. The summed E-state index contributed by atoms with van der Waals surface area (Å²) < 4.78 is 44.3. The Balaban J connectivity index is 2.36. The van der Waals surface area contributed by atoms with Crippen LogP contribution in [0, 0.1) is 0 Å². The van der Waals surface area contributed by atoms with Gasteiger partial charge in [0.05, 0.1) is 5.56 Å². The summed E-state index contributed by atoms with van der Waals surface area (Å²) in [5.74, 6) is -0.362. The van der Waals surface area contributed by atoms with E-state index in [9.17, 15) is 18.0 Å². The molecule has 4 nitrogen and oxygen atoms in total. The number of carbonyl (C=O) groups excluding carboxylic acids is 1. The molecular formula is C16H15F3N2O2. The van der Waals surface area contributed by atoms with Gasteiger partial charge in [0.15, 0.2) is 6.61 Å². The number of rotatable bonds is 4. The van der Waals surface area contributed by atoms with Gasteiger partial charge in [-0.05, 0) is 29.8 Å². The maximum absolute atomic E-state index is 13.0. The second-order valence-corrected chi connectivity index (χ2v) is 5.06. The van der Waals surface area contributed by atoms with Crippen molar-refractivity contribution in [2.75, 3.05) is 20.7 Å². The smallest absolute Gasteiger partial charge is 0.416 e. The molecule has 0 spiro atoms. The van der Waals surface area contributed by atoms with Crippen molar-refractivity contribution >= 4 is 5.91 Å². The van der Waals surface area contributed by atoms with E-state index in [1.165, 1.54) is 23.4 Å². The lowest BCUT2D eigenvalue weighted by Gasteiger charge is -2.14. The van der Waals surface area contributed by atoms with E-state index >= 15 is 0 Å². The Morgan fingerprint density at radius 2 is 1.96 bits per heavy atom. The monoisotopic (exact) mass is 324 g/mol. The van der Waals surface area contributed by atoms with Crippen LogP contribution in [0.2, 0.25) is 0 Å². The van der Waals surface area contributed by atoms with Crippen molar-refractivity contribution in [2.45, 2.75) is 6.18 Å². The Morgan fingerprint density at radius 1 is 1.22 bits per heavy atom. The van der Waals surface area contributed by atoms with E-state index in [2.05, 4.69) is 4.98 Å². The number of alkyl halides is 3. The van der Waals surface area contributed by atoms with Crippen LogP contribution in [0.3, 0.4) is 0 Å². The van der Waals surface area contributed by atoms with Crippen LogP contribution >= 0.6 is 0 Å². The SMILES string of the molecule is CN(C)C(=O)COc1cc(-c2cccnc2)cc(C(F)(F)F)c1. The van der Waals surface area contributed by atoms with E-state index in [1.807, 2.05) is 0 Å². The first kappa shape index (κ1) is 16.8. The van der Waals surface area contributed by atoms with E-state index < -0.39 is 11.7 Å². The fourth-order valence-electron chi connectivity index (χ4n) is 1.82. The number of hydrogen-bond donors (Lipinski definition) is 0. The van der Waals surface area contributed by atoms with E-state index in [0.717, 1.165) is 12.1 Å². The van der Waals surface area contributed by atoms with Gasteiger partial charge in [0.25, 0.3) is 5.91 Å². The molecular weight excluding hydrogens is 309 g/mol. The van der Waals surface area contributed by atoms with Gasteiger partial charge >= 0.3 is 6.18 Å². The Morgan fingerprint density at radius 3 is 2.52 bits per heavy atom. The largest absolute Gasteiger partial charge is 0.484 e. The summed E-state index contributed by atoms with van der Waals surface area (Å²) in [6.07, 6.45) is -1.52. The third kappa shape index (κ3) is 4.45. The Hall–Kier alpha value is -2.57. The first-order valence-corrected chi connectivity index (χ1v) is 6.73. The number of benzene rings is 1. The zero-order valence-corrected chi connectivity index (χ0v) is 12.6. The second kappa shape index (κ2) is 6.68. The van der Waals surface area contributed by atoms with Crippen LogP contribution in [0.1, 0.15) is 5.56 Å². The van der Waals surface area contributed by atoms with Crippen LogP contribution in [0.15, 0.2) is 42.7 Å². The quantitative estimate of drug-likeness (QED) is 0.867. The van der Waals surface area contributed by atoms with Crippen LogP contribution < -0.4 is 4.74 Å². The van der Waals surface area contributed by atoms with Gasteiger partial charge in [-0.3, -0.25) is 9.78 Å². The van der Waals surface area contributed by atoms with Crippen LogP contribution in [0.5, 0.6) is 5.75 Å². The lowest BCUT2D eigenvalue weighted by Crippen LogP contribution is -2.27. The highest BCUT2D eigenvalue weighted by Gasteiger charge is 2.31. The molecule has 0 aliphatic rings. The Bertz CT molecular complexity index is 685. The molecule has 0 N–H and O–H groups in total. The summed E-state index contributed by atoms with van der Waals surface area (Å²) >= 11 is 0. The molecule has 23 heavy (non-hydrogen) atoms. The van der Waals surface area contributed by atoms with Crippen LogP contribution in [0.4, 0.5) is 13.2 Å². The fraction of sp³-hybridized carbons (Fsp3) is 0.250. The number of hydrogen-bond acceptors (Lipinski definition) is 3. The first-order valence-electron chi connectivity index (χ1n) is 6.73. The van der Waals surface area contributed by atoms with Crippen LogP contribution in [0.25, 0.3) is 11.1 Å². The standard InChI is InChI=1S/C16H15F3N2O2/c1-21(2)15(22)10-23-14-7-12(11-4-3-5-20-9-11)6-13(8-14)16(17,18)19/h3-9H,10H2,1-2H3. The molecule has 0 unspecified atom stereocenters. The number of ether oxygens (including phenoxy) is 1. The summed E-state index contributed by atoms with van der Waals surface area (Å²) in [7, 11) is 3.08. The van der Waals surface area contributed by atoms with Crippen molar-refractivity contribution in [3.8, 4) is 16.9 Å². The lowest BCUT2D eigenvalue weighted by atomic mass is 10.0. The normalized spacial score (nSPS) is 11.2. The van der Waals surface area contributed by atoms with Crippen molar-refractivity contribution in [1.29, 1.82) is 0 Å². The minimum atomic E-state index is -4.51. The summed E-state index contributed by atoms with van der Waals surface area (Å²) in [5, 5.41) is 0. The molecule has 2 aromatic rings. The van der Waals surface area contributed by atoms with Gasteiger partial charge in [-0.25, -0.2) is 0 Å². The van der Waals surface area contributed by atoms with Crippen molar-refractivity contribution < 1.29 is 22.7 Å². The van der Waals surface area contributed by atoms with Crippen LogP contribution in [-0.2, 0) is 11.0 Å². The molecule has 0 fully saturated rings. The zero-order chi connectivity index (χ0) is 17.0. The molecule has 0 radical (unpaired) electrons. The first-order chi connectivity index (χ1) is 10.8. The summed E-state index contributed by atoms with van der Waals surface area (Å²) in [6, 6.07) is 6.64. The van der Waals surface area contributed by atoms with E-state index in [4.69, 9.17) is 4.74 Å². The molecule has 0 aliphatic carbocycles. The third-order valence-corrected chi connectivity index (χ3v) is 3.09. The molecule has 0 saturated carbocycles. The molecule has 0 aliphatic heterocycles. The molecule has 0 saturated heterocycles. The third-order valence-electron chi connectivity index (χ3n) is 3.09. The highest BCUT2D eigenvalue weighted by Crippen LogP contribution is 2.35. The maximum Gasteiger partial charge on any atom is 0.416 e. The van der Waals surface area contributed by atoms with Crippen molar-refractivity contribution in [2.24, 2.45) is 0 Å². The van der Waals surface area contributed by atoms with Crippen molar-refractivity contribution in [1.82, 2.24) is 9.88 Å². The summed E-state index contributed by atoms with van der Waals surface area (Å²) in [6.45, 7) is -0.333. The predicted octanol–water partition coefficient (Wildman–Crippen LogP) is 3.23. The Labute approximate surface area is 131 Å². The lowest BCUT2D eigenvalue weighted by molar-refractivity contribution is -0.137. The van der Waals surface area contributed by atoms with Gasteiger partial charge in [0.1, 0.15) is 5.75 Å². The van der Waals surface area contributed by atoms with Gasteiger partial charge in [-0.15, -0.1) is 0 Å². The number of carbonyl (C=O) groups is 1. The van der Waals surface area contributed by atoms with E-state index in [1.54, 1.807) is 26.2 Å². The molecule has 1 aromatic heterocycles. The maximum atomic E-state index is 13.0. The van der Waals surface area contributed by atoms with Gasteiger partial charge in [0.2, 0.25) is 0 Å². The van der Waals surface area contributed by atoms with Crippen molar-refractivity contribution in [3.05, 3.63) is 48.3 Å². The highest BCUT2D eigenvalue weighted by atomic mass is 19.4. The molecule has 0 atom stereocenters. The molecule has 1 heterocycles. The molecule has 2 rings (SSSR count). The zero-order valence-electron chi connectivity index (χ0n) is 12.6. The predicted molar refractivity (Wildman–Crippen MR) is 78.9 cm³/mol. The average molecular weight is 324 g/mol. The number of amides is 1. The molecule has 0 bridgehead atoms. The topological polar surface area (TPSA) is 42.4 Å². The number of aromatic nitrogens is 1. The minimum Gasteiger partial charge on any atom is -0.484 e. The number of nitrogens with zero attached hydrogens (tertiary/aromatic N) is 2. The molecule has 1 aromatic carbocycles. The van der Waals surface area contributed by atoms with Gasteiger partial charge in [-0.1, -0.05) is 6.07 Å². The Kier molecular flexibility index (Phi) is 4.88. The highest BCUT2D eigenvalue weighted by molar-refractivity contribution is 5.77.